The molecule has 1 aliphatic carbocycles. The van der Waals surface area contributed by atoms with Gasteiger partial charge in [0.1, 0.15) is 17.7 Å². The van der Waals surface area contributed by atoms with E-state index in [4.69, 9.17) is 9.47 Å². The van der Waals surface area contributed by atoms with E-state index < -0.39 is 29.3 Å². The van der Waals surface area contributed by atoms with Crippen LogP contribution in [-0.4, -0.2) is 19.2 Å². The van der Waals surface area contributed by atoms with Gasteiger partial charge in [-0.3, -0.25) is 0 Å². The zero-order chi connectivity index (χ0) is 26.4. The predicted octanol–water partition coefficient (Wildman–Crippen LogP) is 8.40. The molecule has 0 radical (unpaired) electrons. The highest BCUT2D eigenvalue weighted by atomic mass is 19.2. The Morgan fingerprint density at radius 3 is 2.27 bits per heavy atom. The number of hydrogen-bond acceptors (Lipinski definition) is 3. The largest absolute Gasteiger partial charge is 0.497 e. The zero-order valence-electron chi connectivity index (χ0n) is 21.4. The topological polar surface area (TPSA) is 35.5 Å². The summed E-state index contributed by atoms with van der Waals surface area (Å²) in [6.07, 6.45) is 6.22. The van der Waals surface area contributed by atoms with Crippen molar-refractivity contribution in [1.29, 1.82) is 0 Å². The Morgan fingerprint density at radius 1 is 0.892 bits per heavy atom. The summed E-state index contributed by atoms with van der Waals surface area (Å²) >= 11 is 0. The molecule has 0 bridgehead atoms. The van der Waals surface area contributed by atoms with E-state index in [0.717, 1.165) is 31.2 Å². The monoisotopic (exact) mass is 510 g/mol. The van der Waals surface area contributed by atoms with E-state index in [1.54, 1.807) is 24.3 Å². The second-order valence-electron chi connectivity index (χ2n) is 9.71. The highest BCUT2D eigenvalue weighted by Crippen LogP contribution is 2.37. The summed E-state index contributed by atoms with van der Waals surface area (Å²) in [4.78, 5) is 12.7. The first-order valence-corrected chi connectivity index (χ1v) is 13.0. The summed E-state index contributed by atoms with van der Waals surface area (Å²) in [5, 5.41) is 0. The number of hydrogen-bond donors (Lipinski definition) is 0. The van der Waals surface area contributed by atoms with E-state index in [2.05, 4.69) is 6.92 Å². The van der Waals surface area contributed by atoms with Crippen LogP contribution in [0.5, 0.6) is 5.75 Å². The molecule has 0 atom stereocenters. The lowest BCUT2D eigenvalue weighted by atomic mass is 9.82. The van der Waals surface area contributed by atoms with Crippen LogP contribution in [0, 0.1) is 17.5 Å². The average Bonchev–Trinajstić information content (AvgIpc) is 2.91. The molecular formula is C31H33F3O3. The second kappa shape index (κ2) is 12.3. The van der Waals surface area contributed by atoms with E-state index >= 15 is 0 Å². The Labute approximate surface area is 216 Å². The fraction of sp³-hybridized carbons (Fsp3) is 0.387. The quantitative estimate of drug-likeness (QED) is 0.214. The lowest BCUT2D eigenvalue weighted by Gasteiger charge is -2.29. The normalized spacial score (nSPS) is 17.4. The van der Waals surface area contributed by atoms with Crippen LogP contribution in [0.4, 0.5) is 13.2 Å². The first kappa shape index (κ1) is 26.8. The smallest absolute Gasteiger partial charge is 0.341 e. The number of carbonyl (C=O) groups is 1. The van der Waals surface area contributed by atoms with Crippen molar-refractivity contribution < 1.29 is 27.4 Å². The van der Waals surface area contributed by atoms with E-state index in [1.807, 2.05) is 12.1 Å². The molecule has 3 aromatic carbocycles. The van der Waals surface area contributed by atoms with Gasteiger partial charge in [-0.1, -0.05) is 56.2 Å². The van der Waals surface area contributed by atoms with Crippen LogP contribution < -0.4 is 4.74 Å². The number of unbranched alkanes of at least 4 members (excludes halogenated alkanes) is 2. The summed E-state index contributed by atoms with van der Waals surface area (Å²) in [5.74, 6) is -3.00. The van der Waals surface area contributed by atoms with Gasteiger partial charge in [0, 0.05) is 11.6 Å². The van der Waals surface area contributed by atoms with Gasteiger partial charge in [-0.25, -0.2) is 18.0 Å². The van der Waals surface area contributed by atoms with Crippen molar-refractivity contribution in [2.45, 2.75) is 70.3 Å². The van der Waals surface area contributed by atoms with E-state index in [0.29, 0.717) is 42.6 Å². The number of ether oxygens (including phenoxy) is 2. The maximum absolute atomic E-state index is 14.9. The molecule has 37 heavy (non-hydrogen) atoms. The highest BCUT2D eigenvalue weighted by Gasteiger charge is 2.28. The van der Waals surface area contributed by atoms with Gasteiger partial charge in [0.25, 0.3) is 0 Å². The van der Waals surface area contributed by atoms with Gasteiger partial charge < -0.3 is 9.47 Å². The number of benzene rings is 3. The van der Waals surface area contributed by atoms with Gasteiger partial charge in [-0.2, -0.15) is 0 Å². The third-order valence-electron chi connectivity index (χ3n) is 7.23. The molecule has 196 valence electrons. The second-order valence-corrected chi connectivity index (χ2v) is 9.71. The van der Waals surface area contributed by atoms with Crippen molar-refractivity contribution >= 4 is 5.97 Å². The molecule has 0 spiro atoms. The predicted molar refractivity (Wildman–Crippen MR) is 138 cm³/mol. The van der Waals surface area contributed by atoms with Crippen LogP contribution in [0.1, 0.15) is 79.3 Å². The van der Waals surface area contributed by atoms with Gasteiger partial charge in [-0.05, 0) is 73.3 Å². The molecule has 0 saturated heterocycles. The Morgan fingerprint density at radius 2 is 1.62 bits per heavy atom. The van der Waals surface area contributed by atoms with Crippen LogP contribution in [0.2, 0.25) is 0 Å². The minimum Gasteiger partial charge on any atom is -0.497 e. The van der Waals surface area contributed by atoms with Crippen LogP contribution in [0.3, 0.4) is 0 Å². The Kier molecular flexibility index (Phi) is 8.91. The van der Waals surface area contributed by atoms with Crippen molar-refractivity contribution in [3.63, 3.8) is 0 Å². The Hall–Kier alpha value is -3.28. The summed E-state index contributed by atoms with van der Waals surface area (Å²) in [7, 11) is 1.49. The SMILES string of the molecule is CCCCCc1ccc(-c2ccc(C(=O)OC3CCC(c4ccc(OC)cc4F)CC3)c(F)c2F)cc1. The third-order valence-corrected chi connectivity index (χ3v) is 7.23. The van der Waals surface area contributed by atoms with Crippen LogP contribution in [0.15, 0.2) is 54.6 Å². The fourth-order valence-electron chi connectivity index (χ4n) is 5.03. The molecule has 4 rings (SSSR count). The van der Waals surface area contributed by atoms with Crippen LogP contribution >= 0.6 is 0 Å². The van der Waals surface area contributed by atoms with Crippen LogP contribution in [-0.2, 0) is 11.2 Å². The number of aryl methyl sites for hydroxylation is 1. The van der Waals surface area contributed by atoms with Gasteiger partial charge in [0.15, 0.2) is 11.6 Å². The lowest BCUT2D eigenvalue weighted by Crippen LogP contribution is -2.25. The molecule has 1 saturated carbocycles. The van der Waals surface area contributed by atoms with E-state index in [-0.39, 0.29) is 17.3 Å². The molecular weight excluding hydrogens is 477 g/mol. The van der Waals surface area contributed by atoms with Gasteiger partial charge >= 0.3 is 5.97 Å². The molecule has 0 N–H and O–H groups in total. The number of rotatable bonds is 9. The molecule has 1 fully saturated rings. The van der Waals surface area contributed by atoms with Crippen molar-refractivity contribution in [3.8, 4) is 16.9 Å². The van der Waals surface area contributed by atoms with Crippen molar-refractivity contribution in [1.82, 2.24) is 0 Å². The van der Waals surface area contributed by atoms with Gasteiger partial charge in [0.2, 0.25) is 0 Å². The van der Waals surface area contributed by atoms with Gasteiger partial charge in [0.05, 0.1) is 12.7 Å². The molecule has 0 amide bonds. The summed E-state index contributed by atoms with van der Waals surface area (Å²) in [5.41, 5.74) is 2.02. The first-order chi connectivity index (χ1) is 17.9. The fourth-order valence-corrected chi connectivity index (χ4v) is 5.03. The first-order valence-electron chi connectivity index (χ1n) is 13.0. The average molecular weight is 511 g/mol. The number of esters is 1. The number of methoxy groups -OCH3 is 1. The molecule has 0 aromatic heterocycles. The number of carbonyl (C=O) groups excluding carboxylic acids is 1. The summed E-state index contributed by atoms with van der Waals surface area (Å²) < 4.78 is 54.8. The molecule has 0 unspecified atom stereocenters. The Balaban J connectivity index is 1.37. The lowest BCUT2D eigenvalue weighted by molar-refractivity contribution is 0.0188. The molecule has 3 aromatic rings. The molecule has 6 heteroatoms. The van der Waals surface area contributed by atoms with E-state index in [9.17, 15) is 18.0 Å². The van der Waals surface area contributed by atoms with Crippen LogP contribution in [0.25, 0.3) is 11.1 Å². The minimum atomic E-state index is -1.21. The molecule has 0 aliphatic heterocycles. The summed E-state index contributed by atoms with van der Waals surface area (Å²) in [6, 6.07) is 14.9. The maximum atomic E-state index is 14.9. The van der Waals surface area contributed by atoms with E-state index in [1.165, 1.54) is 25.3 Å². The highest BCUT2D eigenvalue weighted by molar-refractivity contribution is 5.90. The third kappa shape index (κ3) is 6.35. The van der Waals surface area contributed by atoms with Crippen molar-refractivity contribution in [3.05, 3.63) is 88.7 Å². The Bertz CT molecular complexity index is 1220. The van der Waals surface area contributed by atoms with Gasteiger partial charge in [-0.15, -0.1) is 0 Å². The zero-order valence-corrected chi connectivity index (χ0v) is 21.4. The molecule has 1 aliphatic rings. The minimum absolute atomic E-state index is 0.00681. The van der Waals surface area contributed by atoms with Crippen molar-refractivity contribution in [2.24, 2.45) is 0 Å². The maximum Gasteiger partial charge on any atom is 0.341 e. The number of halogens is 3. The van der Waals surface area contributed by atoms with Crippen molar-refractivity contribution in [2.75, 3.05) is 7.11 Å². The molecule has 3 nitrogen and oxygen atoms in total. The standard InChI is InChI=1S/C31H33F3O3/c1-3-4-5-6-20-7-9-22(10-8-20)26-17-18-27(30(34)29(26)33)31(35)37-23-13-11-21(12-14-23)25-16-15-24(36-2)19-28(25)32/h7-10,15-19,21,23H,3-6,11-14H2,1-2H3. The molecule has 0 heterocycles. The summed E-state index contributed by atoms with van der Waals surface area (Å²) in [6.45, 7) is 2.15.